The molecule has 1 saturated carbocycles. The average Bonchev–Trinajstić information content (AvgIpc) is 3.44. The normalized spacial score (nSPS) is 24.1. The molecule has 2 amide bonds. The molecule has 2 atom stereocenters. The Morgan fingerprint density at radius 3 is 2.43 bits per heavy atom. The fourth-order valence-electron chi connectivity index (χ4n) is 4.76. The lowest BCUT2D eigenvalue weighted by Gasteiger charge is -2.35. The molecule has 30 heavy (non-hydrogen) atoms. The molecule has 1 aliphatic carbocycles. The van der Waals surface area contributed by atoms with Crippen LogP contribution in [-0.4, -0.2) is 50.5 Å². The highest BCUT2D eigenvalue weighted by Gasteiger charge is 2.37. The molecule has 4 rings (SSSR count). The highest BCUT2D eigenvalue weighted by molar-refractivity contribution is 9.10. The van der Waals surface area contributed by atoms with Crippen molar-refractivity contribution in [2.75, 3.05) is 30.3 Å². The van der Waals surface area contributed by atoms with Gasteiger partial charge < -0.3 is 9.80 Å². The zero-order chi connectivity index (χ0) is 21.6. The van der Waals surface area contributed by atoms with Crippen LogP contribution in [0.2, 0.25) is 0 Å². The second kappa shape index (κ2) is 8.26. The van der Waals surface area contributed by atoms with Crippen molar-refractivity contribution in [1.82, 2.24) is 4.90 Å². The molecule has 1 saturated heterocycles. The molecule has 3 aliphatic rings. The Morgan fingerprint density at radius 2 is 1.80 bits per heavy atom. The van der Waals surface area contributed by atoms with Gasteiger partial charge in [-0.3, -0.25) is 9.59 Å². The number of piperidine rings is 1. The molecule has 2 heterocycles. The third-order valence-electron chi connectivity index (χ3n) is 6.36. The molecule has 1 aromatic carbocycles. The number of halogens is 1. The maximum Gasteiger partial charge on any atom is 0.230 e. The summed E-state index contributed by atoms with van der Waals surface area (Å²) in [5, 5.41) is 0. The number of carbonyl (C=O) groups is 2. The first-order chi connectivity index (χ1) is 14.2. The van der Waals surface area contributed by atoms with Gasteiger partial charge in [-0.15, -0.1) is 0 Å². The molecule has 2 aliphatic heterocycles. The minimum atomic E-state index is -3.66. The molecule has 0 radical (unpaired) electrons. The molecule has 0 spiro atoms. The van der Waals surface area contributed by atoms with Crippen LogP contribution in [0.5, 0.6) is 0 Å². The summed E-state index contributed by atoms with van der Waals surface area (Å²) >= 11 is 3.41. The van der Waals surface area contributed by atoms with Gasteiger partial charge in [-0.2, -0.15) is 0 Å². The van der Waals surface area contributed by atoms with Gasteiger partial charge in [-0.1, -0.05) is 13.8 Å². The number of amides is 2. The minimum absolute atomic E-state index is 0.0178. The number of sulfone groups is 1. The first-order valence-corrected chi connectivity index (χ1v) is 13.2. The second-order valence-electron chi connectivity index (χ2n) is 9.24. The summed E-state index contributed by atoms with van der Waals surface area (Å²) in [6.07, 6.45) is 3.65. The van der Waals surface area contributed by atoms with Gasteiger partial charge in [0.1, 0.15) is 0 Å². The lowest BCUT2D eigenvalue weighted by atomic mass is 9.92. The van der Waals surface area contributed by atoms with Gasteiger partial charge in [0.25, 0.3) is 0 Å². The summed E-state index contributed by atoms with van der Waals surface area (Å²) in [4.78, 5) is 28.9. The van der Waals surface area contributed by atoms with E-state index < -0.39 is 9.84 Å². The van der Waals surface area contributed by atoms with Gasteiger partial charge in [0.2, 0.25) is 11.8 Å². The van der Waals surface area contributed by atoms with Gasteiger partial charge >= 0.3 is 0 Å². The van der Waals surface area contributed by atoms with Crippen molar-refractivity contribution in [3.63, 3.8) is 0 Å². The van der Waals surface area contributed by atoms with Crippen LogP contribution < -0.4 is 4.90 Å². The fourth-order valence-corrected chi connectivity index (χ4v) is 7.20. The lowest BCUT2D eigenvalue weighted by Crippen LogP contribution is -2.43. The van der Waals surface area contributed by atoms with E-state index in [4.69, 9.17) is 0 Å². The van der Waals surface area contributed by atoms with Crippen LogP contribution in [0.15, 0.2) is 21.5 Å². The second-order valence-corrected chi connectivity index (χ2v) is 12.2. The number of rotatable bonds is 5. The van der Waals surface area contributed by atoms with Crippen molar-refractivity contribution in [2.24, 2.45) is 17.8 Å². The molecule has 8 heteroatoms. The molecule has 2 fully saturated rings. The van der Waals surface area contributed by atoms with E-state index in [1.54, 1.807) is 11.0 Å². The molecule has 6 nitrogen and oxygen atoms in total. The zero-order valence-corrected chi connectivity index (χ0v) is 20.0. The van der Waals surface area contributed by atoms with Gasteiger partial charge in [0.15, 0.2) is 9.84 Å². The Bertz CT molecular complexity index is 964. The number of hydrogen-bond acceptors (Lipinski definition) is 4. The molecule has 164 valence electrons. The first kappa shape index (κ1) is 21.8. The van der Waals surface area contributed by atoms with E-state index >= 15 is 0 Å². The number of likely N-dealkylation sites (tertiary alicyclic amines) is 1. The summed E-state index contributed by atoms with van der Waals surface area (Å²) in [5.41, 5.74) is 1.70. The maximum atomic E-state index is 13.1. The number of hydrogen-bond donors (Lipinski definition) is 0. The number of benzene rings is 1. The number of anilines is 1. The molecular weight excluding hydrogens is 468 g/mol. The standard InChI is InChI=1S/C22H29BrN2O4S/c1-14-9-15(2)13-24(12-14)21(26)6-8-30(28,29)20-11-19-17(10-18(20)23)5-7-25(19)22(27)16-3-4-16/h10-11,14-16H,3-9,12-13H2,1-2H3/t14-,15+. The number of carbonyl (C=O) groups excluding carboxylic acids is 2. The monoisotopic (exact) mass is 496 g/mol. The summed E-state index contributed by atoms with van der Waals surface area (Å²) in [7, 11) is -3.66. The van der Waals surface area contributed by atoms with Gasteiger partial charge in [0, 0.05) is 42.1 Å². The van der Waals surface area contributed by atoms with Crippen molar-refractivity contribution in [3.05, 3.63) is 22.2 Å². The van der Waals surface area contributed by atoms with E-state index in [0.717, 1.165) is 31.2 Å². The minimum Gasteiger partial charge on any atom is -0.342 e. The van der Waals surface area contributed by atoms with Crippen molar-refractivity contribution in [1.29, 1.82) is 0 Å². The third-order valence-corrected chi connectivity index (χ3v) is 9.03. The van der Waals surface area contributed by atoms with Crippen LogP contribution in [0.4, 0.5) is 5.69 Å². The van der Waals surface area contributed by atoms with Crippen molar-refractivity contribution < 1.29 is 18.0 Å². The summed E-state index contributed by atoms with van der Waals surface area (Å²) in [6.45, 7) is 6.25. The Morgan fingerprint density at radius 1 is 1.13 bits per heavy atom. The fraction of sp³-hybridized carbons (Fsp3) is 0.636. The quantitative estimate of drug-likeness (QED) is 0.625. The highest BCUT2D eigenvalue weighted by atomic mass is 79.9. The molecule has 0 aromatic heterocycles. The van der Waals surface area contributed by atoms with Crippen LogP contribution in [0, 0.1) is 17.8 Å². The van der Waals surface area contributed by atoms with Crippen molar-refractivity contribution in [2.45, 2.75) is 50.8 Å². The van der Waals surface area contributed by atoms with E-state index in [-0.39, 0.29) is 34.8 Å². The molecule has 0 N–H and O–H groups in total. The SMILES string of the molecule is C[C@@H]1C[C@H](C)CN(C(=O)CCS(=O)(=O)c2cc3c(cc2Br)CCN3C(=O)C2CC2)C1. The lowest BCUT2D eigenvalue weighted by molar-refractivity contribution is -0.133. The topological polar surface area (TPSA) is 74.8 Å². The smallest absolute Gasteiger partial charge is 0.230 e. The Balaban J connectivity index is 1.49. The Kier molecular flexibility index (Phi) is 6.01. The zero-order valence-electron chi connectivity index (χ0n) is 17.6. The molecule has 0 bridgehead atoms. The molecular formula is C22H29BrN2O4S. The third kappa shape index (κ3) is 4.44. The highest BCUT2D eigenvalue weighted by Crippen LogP contribution is 2.39. The van der Waals surface area contributed by atoms with Crippen LogP contribution >= 0.6 is 15.9 Å². The van der Waals surface area contributed by atoms with Gasteiger partial charge in [-0.05, 0) is 71.1 Å². The summed E-state index contributed by atoms with van der Waals surface area (Å²) in [6, 6.07) is 3.44. The van der Waals surface area contributed by atoms with Crippen LogP contribution in [-0.2, 0) is 25.8 Å². The number of nitrogens with zero attached hydrogens (tertiary/aromatic N) is 2. The summed E-state index contributed by atoms with van der Waals surface area (Å²) in [5.74, 6) is 0.749. The Labute approximate surface area is 187 Å². The predicted molar refractivity (Wildman–Crippen MR) is 119 cm³/mol. The largest absolute Gasteiger partial charge is 0.342 e. The van der Waals surface area contributed by atoms with Crippen LogP contribution in [0.3, 0.4) is 0 Å². The Hall–Kier alpha value is -1.41. The van der Waals surface area contributed by atoms with E-state index in [1.807, 2.05) is 11.0 Å². The van der Waals surface area contributed by atoms with E-state index in [9.17, 15) is 18.0 Å². The van der Waals surface area contributed by atoms with E-state index in [2.05, 4.69) is 29.8 Å². The molecule has 0 unspecified atom stereocenters. The first-order valence-electron chi connectivity index (χ1n) is 10.8. The van der Waals surface area contributed by atoms with Gasteiger partial charge in [0.05, 0.1) is 10.6 Å². The van der Waals surface area contributed by atoms with Gasteiger partial charge in [-0.25, -0.2) is 8.42 Å². The van der Waals surface area contributed by atoms with Crippen molar-refractivity contribution in [3.8, 4) is 0 Å². The van der Waals surface area contributed by atoms with Crippen LogP contribution in [0.1, 0.15) is 45.1 Å². The predicted octanol–water partition coefficient (Wildman–Crippen LogP) is 3.42. The van der Waals surface area contributed by atoms with E-state index in [1.165, 1.54) is 0 Å². The van der Waals surface area contributed by atoms with Crippen LogP contribution in [0.25, 0.3) is 0 Å². The van der Waals surface area contributed by atoms with Crippen molar-refractivity contribution >= 4 is 43.3 Å². The number of fused-ring (bicyclic) bond motifs is 1. The van der Waals surface area contributed by atoms with E-state index in [0.29, 0.717) is 41.6 Å². The molecule has 1 aromatic rings. The average molecular weight is 497 g/mol. The summed E-state index contributed by atoms with van der Waals surface area (Å²) < 4.78 is 26.7. The maximum absolute atomic E-state index is 13.1.